The molecule has 0 rings (SSSR count). The molecular formula is C76H148O17P2. The third-order valence-electron chi connectivity index (χ3n) is 17.9. The molecule has 95 heavy (non-hydrogen) atoms. The van der Waals surface area contributed by atoms with Crippen LogP contribution in [0.2, 0.25) is 0 Å². The quantitative estimate of drug-likeness (QED) is 0.0222. The molecule has 17 nitrogen and oxygen atoms in total. The van der Waals surface area contributed by atoms with Crippen molar-refractivity contribution >= 4 is 39.5 Å². The monoisotopic (exact) mass is 1400 g/mol. The van der Waals surface area contributed by atoms with Gasteiger partial charge < -0.3 is 33.8 Å². The highest BCUT2D eigenvalue weighted by Crippen LogP contribution is 2.45. The molecule has 0 aromatic carbocycles. The highest BCUT2D eigenvalue weighted by Gasteiger charge is 2.30. The molecule has 0 amide bonds. The number of phosphoric ester groups is 2. The van der Waals surface area contributed by atoms with Gasteiger partial charge in [-0.05, 0) is 49.4 Å². The summed E-state index contributed by atoms with van der Waals surface area (Å²) in [5, 5.41) is 10.6. The summed E-state index contributed by atoms with van der Waals surface area (Å²) in [6, 6.07) is 0. The highest BCUT2D eigenvalue weighted by atomic mass is 31.2. The number of aliphatic hydroxyl groups excluding tert-OH is 1. The number of carbonyl (C=O) groups is 4. The number of hydrogen-bond acceptors (Lipinski definition) is 15. The summed E-state index contributed by atoms with van der Waals surface area (Å²) < 4.78 is 68.5. The number of aliphatic hydroxyl groups is 1. The predicted molar refractivity (Wildman–Crippen MR) is 386 cm³/mol. The zero-order valence-electron chi connectivity index (χ0n) is 62.3. The van der Waals surface area contributed by atoms with Gasteiger partial charge >= 0.3 is 39.5 Å². The van der Waals surface area contributed by atoms with Crippen molar-refractivity contribution in [2.24, 2.45) is 23.7 Å². The average Bonchev–Trinajstić information content (AvgIpc) is 1.27. The maximum Gasteiger partial charge on any atom is 0.472 e. The van der Waals surface area contributed by atoms with Gasteiger partial charge in [0.15, 0.2) is 12.2 Å². The summed E-state index contributed by atoms with van der Waals surface area (Å²) in [5.74, 6) is 0.939. The number of ether oxygens (including phenoxy) is 4. The number of esters is 4. The highest BCUT2D eigenvalue weighted by molar-refractivity contribution is 7.47. The summed E-state index contributed by atoms with van der Waals surface area (Å²) in [5.41, 5.74) is 0. The van der Waals surface area contributed by atoms with Crippen molar-refractivity contribution in [2.45, 2.75) is 401 Å². The van der Waals surface area contributed by atoms with E-state index in [9.17, 15) is 43.2 Å². The lowest BCUT2D eigenvalue weighted by Gasteiger charge is -2.21. The Bertz CT molecular complexity index is 1870. The van der Waals surface area contributed by atoms with Crippen LogP contribution >= 0.6 is 15.6 Å². The third kappa shape index (κ3) is 69.0. The van der Waals surface area contributed by atoms with Crippen LogP contribution in [0.15, 0.2) is 0 Å². The lowest BCUT2D eigenvalue weighted by molar-refractivity contribution is -0.161. The minimum absolute atomic E-state index is 0.105. The minimum Gasteiger partial charge on any atom is -0.462 e. The van der Waals surface area contributed by atoms with Crippen LogP contribution in [0.5, 0.6) is 0 Å². The van der Waals surface area contributed by atoms with Gasteiger partial charge in [-0.1, -0.05) is 331 Å². The molecule has 0 saturated carbocycles. The Morgan fingerprint density at radius 2 is 0.505 bits per heavy atom. The van der Waals surface area contributed by atoms with Crippen LogP contribution in [0.25, 0.3) is 0 Å². The van der Waals surface area contributed by atoms with Crippen LogP contribution in [0, 0.1) is 23.7 Å². The second-order valence-corrected chi connectivity index (χ2v) is 32.0. The van der Waals surface area contributed by atoms with E-state index in [1.807, 2.05) is 0 Å². The second-order valence-electron chi connectivity index (χ2n) is 29.1. The molecule has 3 unspecified atom stereocenters. The van der Waals surface area contributed by atoms with Gasteiger partial charge in [-0.3, -0.25) is 37.3 Å². The van der Waals surface area contributed by atoms with Crippen LogP contribution in [-0.4, -0.2) is 96.7 Å². The Labute approximate surface area is 581 Å². The van der Waals surface area contributed by atoms with Gasteiger partial charge in [-0.15, -0.1) is 0 Å². The van der Waals surface area contributed by atoms with E-state index in [-0.39, 0.29) is 25.7 Å². The minimum atomic E-state index is -4.96. The summed E-state index contributed by atoms with van der Waals surface area (Å²) >= 11 is 0. The number of rotatable bonds is 73. The molecule has 0 saturated heterocycles. The molecule has 0 heterocycles. The van der Waals surface area contributed by atoms with Gasteiger partial charge in [0.25, 0.3) is 0 Å². The van der Waals surface area contributed by atoms with Crippen molar-refractivity contribution in [2.75, 3.05) is 39.6 Å². The molecule has 3 N–H and O–H groups in total. The van der Waals surface area contributed by atoms with Gasteiger partial charge in [-0.25, -0.2) is 9.13 Å². The maximum atomic E-state index is 13.1. The van der Waals surface area contributed by atoms with Crippen LogP contribution in [0.1, 0.15) is 383 Å². The lowest BCUT2D eigenvalue weighted by Crippen LogP contribution is -2.30. The topological polar surface area (TPSA) is 237 Å². The van der Waals surface area contributed by atoms with E-state index in [4.69, 9.17) is 37.0 Å². The molecule has 19 heteroatoms. The fourth-order valence-electron chi connectivity index (χ4n) is 11.5. The Morgan fingerprint density at radius 1 is 0.295 bits per heavy atom. The third-order valence-corrected chi connectivity index (χ3v) is 19.8. The molecule has 564 valence electrons. The van der Waals surface area contributed by atoms with Gasteiger partial charge in [0.1, 0.15) is 19.3 Å². The van der Waals surface area contributed by atoms with Crippen molar-refractivity contribution in [3.63, 3.8) is 0 Å². The van der Waals surface area contributed by atoms with Gasteiger partial charge in [0, 0.05) is 25.7 Å². The van der Waals surface area contributed by atoms with Crippen molar-refractivity contribution in [3.05, 3.63) is 0 Å². The molecule has 0 aliphatic rings. The Morgan fingerprint density at radius 3 is 0.747 bits per heavy atom. The molecule has 0 bridgehead atoms. The van der Waals surface area contributed by atoms with E-state index in [1.54, 1.807) is 0 Å². The largest absolute Gasteiger partial charge is 0.472 e. The maximum absolute atomic E-state index is 13.1. The van der Waals surface area contributed by atoms with E-state index in [0.29, 0.717) is 25.7 Å². The summed E-state index contributed by atoms with van der Waals surface area (Å²) in [6.07, 6.45) is 49.9. The lowest BCUT2D eigenvalue weighted by atomic mass is 10.00. The van der Waals surface area contributed by atoms with E-state index in [1.165, 1.54) is 180 Å². The summed E-state index contributed by atoms with van der Waals surface area (Å²) in [7, 11) is -9.91. The molecule has 0 aliphatic carbocycles. The Hall–Kier alpha value is -1.94. The zero-order valence-corrected chi connectivity index (χ0v) is 64.1. The van der Waals surface area contributed by atoms with Crippen LogP contribution in [0.3, 0.4) is 0 Å². The van der Waals surface area contributed by atoms with Crippen molar-refractivity contribution in [3.8, 4) is 0 Å². The van der Waals surface area contributed by atoms with Crippen LogP contribution in [0.4, 0.5) is 0 Å². The van der Waals surface area contributed by atoms with Gasteiger partial charge in [0.05, 0.1) is 26.4 Å². The first-order valence-corrected chi connectivity index (χ1v) is 42.2. The standard InChI is InChI=1S/C76H148O17P2/c1-9-69(8)55-47-39-34-35-41-49-57-74(79)87-63-72(93-75(80)58-50-42-32-26-19-13-11-10-12-16-22-28-36-44-52-66(2)3)65-91-95(84,85)89-61-70(77)60-88-94(82,83)90-64-71(92-76(81)59-51-43-33-27-21-20-24-30-38-46-54-68(6)7)62-86-73(78)56-48-40-31-25-18-15-14-17-23-29-37-45-53-67(4)5/h66-72,77H,9-65H2,1-8H3,(H,82,83)(H,84,85)/t69?,70-,71-,72-/m1/s1. The first-order valence-electron chi connectivity index (χ1n) is 39.2. The van der Waals surface area contributed by atoms with E-state index < -0.39 is 97.5 Å². The van der Waals surface area contributed by atoms with E-state index in [2.05, 4.69) is 55.4 Å². The van der Waals surface area contributed by atoms with Gasteiger partial charge in [-0.2, -0.15) is 0 Å². The smallest absolute Gasteiger partial charge is 0.462 e. The number of phosphoric acid groups is 2. The van der Waals surface area contributed by atoms with Crippen molar-refractivity contribution in [1.29, 1.82) is 0 Å². The number of hydrogen-bond donors (Lipinski definition) is 3. The molecule has 0 aromatic rings. The molecule has 0 aliphatic heterocycles. The number of carbonyl (C=O) groups excluding carboxylic acids is 4. The molecule has 0 aromatic heterocycles. The average molecular weight is 1400 g/mol. The molecule has 0 fully saturated rings. The summed E-state index contributed by atoms with van der Waals surface area (Å²) in [4.78, 5) is 72.8. The first kappa shape index (κ1) is 93.1. The zero-order chi connectivity index (χ0) is 70.3. The van der Waals surface area contributed by atoms with E-state index in [0.717, 1.165) is 120 Å². The fraction of sp³-hybridized carbons (Fsp3) is 0.947. The first-order chi connectivity index (χ1) is 45.6. The molecule has 0 spiro atoms. The van der Waals surface area contributed by atoms with Crippen LogP contribution < -0.4 is 0 Å². The molecular weight excluding hydrogens is 1250 g/mol. The van der Waals surface area contributed by atoms with Crippen molar-refractivity contribution < 1.29 is 80.2 Å². The van der Waals surface area contributed by atoms with Crippen LogP contribution in [-0.2, 0) is 65.4 Å². The fourth-order valence-corrected chi connectivity index (χ4v) is 13.1. The number of unbranched alkanes of at least 4 members (excludes halogenated alkanes) is 38. The molecule has 6 atom stereocenters. The predicted octanol–water partition coefficient (Wildman–Crippen LogP) is 22.0. The summed E-state index contributed by atoms with van der Waals surface area (Å²) in [6.45, 7) is 14.2. The Balaban J connectivity index is 5.25. The Kier molecular flexibility index (Phi) is 64.0. The normalized spacial score (nSPS) is 14.4. The van der Waals surface area contributed by atoms with Crippen molar-refractivity contribution in [1.82, 2.24) is 0 Å². The SMILES string of the molecule is CCC(C)CCCCCCCCC(=O)OC[C@H](COP(=O)(O)OC[C@H](O)COP(=O)(O)OC[C@@H](COC(=O)CCCCCCCCCCCCCCC(C)C)OC(=O)CCCCCCCCCCCCC(C)C)OC(=O)CCCCCCCCCCCCCCCCC(C)C. The van der Waals surface area contributed by atoms with Gasteiger partial charge in [0.2, 0.25) is 0 Å². The second kappa shape index (κ2) is 65.4. The molecule has 0 radical (unpaired) electrons. The van der Waals surface area contributed by atoms with E-state index >= 15 is 0 Å².